The molecular weight excluding hydrogens is 476 g/mol. The minimum atomic E-state index is -0.731. The molecule has 0 unspecified atom stereocenters. The minimum absolute atomic E-state index is 0.355. The Morgan fingerprint density at radius 3 is 2.34 bits per heavy atom. The van der Waals surface area contributed by atoms with E-state index < -0.39 is 18.0 Å². The van der Waals surface area contributed by atoms with Gasteiger partial charge in [0.05, 0.1) is 18.9 Å². The van der Waals surface area contributed by atoms with E-state index in [1.54, 1.807) is 74.7 Å². The Bertz CT molecular complexity index is 1100. The van der Waals surface area contributed by atoms with Crippen LogP contribution in [0, 0.1) is 0 Å². The van der Waals surface area contributed by atoms with Crippen LogP contribution in [0.25, 0.3) is 0 Å². The third-order valence-electron chi connectivity index (χ3n) is 4.28. The van der Waals surface area contributed by atoms with Crippen LogP contribution in [0.1, 0.15) is 22.8 Å². The number of halogens is 1. The van der Waals surface area contributed by atoms with Crippen molar-refractivity contribution < 1.29 is 23.8 Å². The van der Waals surface area contributed by atoms with Gasteiger partial charge in [-0.25, -0.2) is 10.2 Å². The summed E-state index contributed by atoms with van der Waals surface area (Å²) in [6.07, 6.45) is 0.722. The molecule has 0 bridgehead atoms. The summed E-state index contributed by atoms with van der Waals surface area (Å²) in [5.74, 6) is 0.692. The third kappa shape index (κ3) is 6.68. The van der Waals surface area contributed by atoms with Crippen molar-refractivity contribution in [1.29, 1.82) is 0 Å². The maximum atomic E-state index is 12.3. The van der Waals surface area contributed by atoms with Crippen LogP contribution in [0.15, 0.2) is 82.4 Å². The summed E-state index contributed by atoms with van der Waals surface area (Å²) < 4.78 is 17.0. The van der Waals surface area contributed by atoms with Crippen molar-refractivity contribution in [3.05, 3.63) is 88.4 Å². The summed E-state index contributed by atoms with van der Waals surface area (Å²) in [4.78, 5) is 24.5. The molecular formula is C24H21BrN2O5. The first-order valence-corrected chi connectivity index (χ1v) is 10.5. The van der Waals surface area contributed by atoms with Gasteiger partial charge in [0.25, 0.3) is 5.91 Å². The van der Waals surface area contributed by atoms with E-state index in [9.17, 15) is 9.59 Å². The Labute approximate surface area is 194 Å². The van der Waals surface area contributed by atoms with E-state index in [1.165, 1.54) is 6.21 Å². The van der Waals surface area contributed by atoms with Gasteiger partial charge in [-0.05, 0) is 73.2 Å². The lowest BCUT2D eigenvalue weighted by atomic mass is 10.2. The maximum absolute atomic E-state index is 12.3. The van der Waals surface area contributed by atoms with Crippen LogP contribution in [-0.2, 0) is 4.79 Å². The standard InChI is InChI=1S/C24H21BrN2O5/c1-16(31-21-12-8-19(25)9-13-21)23(28)27-26-15-17-4-3-5-22(14-17)32-24(29)18-6-10-20(30-2)11-7-18/h3-16H,1-2H3,(H,27,28)/b26-15-/t16-/m0/s1. The van der Waals surface area contributed by atoms with Gasteiger partial charge in [-0.1, -0.05) is 28.1 Å². The van der Waals surface area contributed by atoms with Crippen LogP contribution in [0.3, 0.4) is 0 Å². The molecule has 164 valence electrons. The smallest absolute Gasteiger partial charge is 0.343 e. The van der Waals surface area contributed by atoms with Crippen LogP contribution in [0.2, 0.25) is 0 Å². The first-order valence-electron chi connectivity index (χ1n) is 9.66. The van der Waals surface area contributed by atoms with Gasteiger partial charge in [0.15, 0.2) is 6.10 Å². The zero-order valence-electron chi connectivity index (χ0n) is 17.4. The van der Waals surface area contributed by atoms with Crippen LogP contribution in [0.4, 0.5) is 0 Å². The van der Waals surface area contributed by atoms with Crippen LogP contribution in [0.5, 0.6) is 17.2 Å². The number of esters is 1. The van der Waals surface area contributed by atoms with Crippen molar-refractivity contribution in [1.82, 2.24) is 5.43 Å². The number of nitrogens with one attached hydrogen (secondary N) is 1. The molecule has 1 atom stereocenters. The fourth-order valence-corrected chi connectivity index (χ4v) is 2.85. The number of hydrogen-bond acceptors (Lipinski definition) is 6. The van der Waals surface area contributed by atoms with Gasteiger partial charge in [0.2, 0.25) is 0 Å². The van der Waals surface area contributed by atoms with Gasteiger partial charge in [-0.3, -0.25) is 4.79 Å². The van der Waals surface area contributed by atoms with Gasteiger partial charge in [0.1, 0.15) is 17.2 Å². The monoisotopic (exact) mass is 496 g/mol. The molecule has 0 saturated carbocycles. The predicted octanol–water partition coefficient (Wildman–Crippen LogP) is 4.59. The van der Waals surface area contributed by atoms with Crippen molar-refractivity contribution >= 4 is 34.0 Å². The second kappa shape index (κ2) is 11.1. The number of ether oxygens (including phenoxy) is 3. The topological polar surface area (TPSA) is 86.2 Å². The van der Waals surface area contributed by atoms with Gasteiger partial charge in [0, 0.05) is 4.47 Å². The number of carbonyl (C=O) groups is 2. The van der Waals surface area contributed by atoms with E-state index in [0.29, 0.717) is 28.4 Å². The molecule has 0 fully saturated rings. The Morgan fingerprint density at radius 2 is 1.66 bits per heavy atom. The van der Waals surface area contributed by atoms with Crippen molar-refractivity contribution in [3.8, 4) is 17.2 Å². The molecule has 0 saturated heterocycles. The van der Waals surface area contributed by atoms with Gasteiger partial charge in [-0.15, -0.1) is 0 Å². The molecule has 0 aliphatic rings. The van der Waals surface area contributed by atoms with Crippen molar-refractivity contribution in [2.24, 2.45) is 5.10 Å². The largest absolute Gasteiger partial charge is 0.497 e. The molecule has 1 N–H and O–H groups in total. The molecule has 0 radical (unpaired) electrons. The Balaban J connectivity index is 1.54. The van der Waals surface area contributed by atoms with Crippen molar-refractivity contribution in [2.75, 3.05) is 7.11 Å². The highest BCUT2D eigenvalue weighted by Gasteiger charge is 2.14. The lowest BCUT2D eigenvalue weighted by molar-refractivity contribution is -0.127. The molecule has 7 nitrogen and oxygen atoms in total. The Kier molecular flexibility index (Phi) is 7.99. The molecule has 0 spiro atoms. The first-order chi connectivity index (χ1) is 15.4. The zero-order chi connectivity index (χ0) is 22.9. The molecule has 3 rings (SSSR count). The molecule has 3 aromatic carbocycles. The summed E-state index contributed by atoms with van der Waals surface area (Å²) >= 11 is 3.35. The van der Waals surface area contributed by atoms with Crippen molar-refractivity contribution in [2.45, 2.75) is 13.0 Å². The van der Waals surface area contributed by atoms with Gasteiger partial charge < -0.3 is 14.2 Å². The zero-order valence-corrected chi connectivity index (χ0v) is 19.0. The number of rotatable bonds is 8. The summed E-state index contributed by atoms with van der Waals surface area (Å²) in [6.45, 7) is 1.63. The molecule has 0 aromatic heterocycles. The van der Waals surface area contributed by atoms with Gasteiger partial charge >= 0.3 is 5.97 Å². The lowest BCUT2D eigenvalue weighted by Crippen LogP contribution is -2.33. The molecule has 1 amide bonds. The van der Waals surface area contributed by atoms with Crippen LogP contribution < -0.4 is 19.6 Å². The molecule has 8 heteroatoms. The van der Waals surface area contributed by atoms with E-state index in [2.05, 4.69) is 26.5 Å². The molecule has 0 heterocycles. The van der Waals surface area contributed by atoms with Crippen molar-refractivity contribution in [3.63, 3.8) is 0 Å². The SMILES string of the molecule is COc1ccc(C(=O)Oc2cccc(/C=N\NC(=O)[C@H](C)Oc3ccc(Br)cc3)c2)cc1. The number of nitrogens with zero attached hydrogens (tertiary/aromatic N) is 1. The highest BCUT2D eigenvalue weighted by Crippen LogP contribution is 2.18. The van der Waals surface area contributed by atoms with E-state index >= 15 is 0 Å². The third-order valence-corrected chi connectivity index (χ3v) is 4.81. The first kappa shape index (κ1) is 23.0. The number of carbonyl (C=O) groups excluding carboxylic acids is 2. The summed E-state index contributed by atoms with van der Waals surface area (Å²) in [6, 6.07) is 20.6. The minimum Gasteiger partial charge on any atom is -0.497 e. The molecule has 0 aliphatic heterocycles. The van der Waals surface area contributed by atoms with E-state index in [0.717, 1.165) is 4.47 Å². The predicted molar refractivity (Wildman–Crippen MR) is 124 cm³/mol. The van der Waals surface area contributed by atoms with E-state index in [4.69, 9.17) is 14.2 Å². The van der Waals surface area contributed by atoms with Crippen LogP contribution in [-0.4, -0.2) is 31.3 Å². The highest BCUT2D eigenvalue weighted by atomic mass is 79.9. The normalized spacial score (nSPS) is 11.6. The Morgan fingerprint density at radius 1 is 0.969 bits per heavy atom. The fourth-order valence-electron chi connectivity index (χ4n) is 2.58. The van der Waals surface area contributed by atoms with Crippen LogP contribution >= 0.6 is 15.9 Å². The number of hydrogen-bond donors (Lipinski definition) is 1. The lowest BCUT2D eigenvalue weighted by Gasteiger charge is -2.12. The second-order valence-electron chi connectivity index (χ2n) is 6.64. The fraction of sp³-hybridized carbons (Fsp3) is 0.125. The quantitative estimate of drug-likeness (QED) is 0.213. The number of methoxy groups -OCH3 is 1. The summed E-state index contributed by atoms with van der Waals surface area (Å²) in [7, 11) is 1.55. The summed E-state index contributed by atoms with van der Waals surface area (Å²) in [5.41, 5.74) is 3.48. The molecule has 0 aliphatic carbocycles. The molecule has 3 aromatic rings. The molecule has 32 heavy (non-hydrogen) atoms. The number of hydrazone groups is 1. The van der Waals surface area contributed by atoms with Gasteiger partial charge in [-0.2, -0.15) is 5.10 Å². The highest BCUT2D eigenvalue weighted by molar-refractivity contribution is 9.10. The number of benzene rings is 3. The second-order valence-corrected chi connectivity index (χ2v) is 7.55. The average Bonchev–Trinajstić information content (AvgIpc) is 2.80. The average molecular weight is 497 g/mol. The van der Waals surface area contributed by atoms with E-state index in [1.807, 2.05) is 12.1 Å². The Hall–Kier alpha value is -3.65. The summed E-state index contributed by atoms with van der Waals surface area (Å²) in [5, 5.41) is 3.95. The van der Waals surface area contributed by atoms with E-state index in [-0.39, 0.29) is 0 Å². The number of amides is 1. The maximum Gasteiger partial charge on any atom is 0.343 e.